The highest BCUT2D eigenvalue weighted by molar-refractivity contribution is 5.82. The molecule has 24 heavy (non-hydrogen) atoms. The topological polar surface area (TPSA) is 83.2 Å². The SMILES string of the molecule is CCNC(=NCc1ccon1)N1CCN(C(=O)C2CCCO2)CC1. The summed E-state index contributed by atoms with van der Waals surface area (Å²) < 4.78 is 10.3. The van der Waals surface area contributed by atoms with Crippen molar-refractivity contribution in [2.24, 2.45) is 4.99 Å². The second-order valence-corrected chi connectivity index (χ2v) is 5.97. The van der Waals surface area contributed by atoms with Crippen molar-refractivity contribution in [2.45, 2.75) is 32.4 Å². The molecule has 2 aliphatic heterocycles. The number of nitrogens with one attached hydrogen (secondary N) is 1. The van der Waals surface area contributed by atoms with Crippen LogP contribution in [0.3, 0.4) is 0 Å². The molecular formula is C16H25N5O3. The van der Waals surface area contributed by atoms with Crippen LogP contribution >= 0.6 is 0 Å². The number of nitrogens with zero attached hydrogens (tertiary/aromatic N) is 4. The molecule has 0 aliphatic carbocycles. The number of piperazine rings is 1. The average molecular weight is 335 g/mol. The second kappa shape index (κ2) is 8.14. The molecule has 0 spiro atoms. The van der Waals surface area contributed by atoms with E-state index in [0.717, 1.165) is 44.1 Å². The van der Waals surface area contributed by atoms with E-state index in [9.17, 15) is 4.79 Å². The summed E-state index contributed by atoms with van der Waals surface area (Å²) in [6.07, 6.45) is 3.15. The van der Waals surface area contributed by atoms with Crippen LogP contribution in [0.4, 0.5) is 0 Å². The third-order valence-corrected chi connectivity index (χ3v) is 4.31. The molecule has 8 nitrogen and oxygen atoms in total. The molecule has 1 amide bonds. The van der Waals surface area contributed by atoms with Gasteiger partial charge in [-0.15, -0.1) is 0 Å². The zero-order chi connectivity index (χ0) is 16.8. The van der Waals surface area contributed by atoms with Gasteiger partial charge in [-0.2, -0.15) is 0 Å². The molecule has 0 bridgehead atoms. The van der Waals surface area contributed by atoms with Crippen molar-refractivity contribution in [3.05, 3.63) is 18.0 Å². The van der Waals surface area contributed by atoms with Crippen LogP contribution in [0, 0.1) is 0 Å². The van der Waals surface area contributed by atoms with Crippen LogP contribution in [0.1, 0.15) is 25.5 Å². The largest absolute Gasteiger partial charge is 0.368 e. The van der Waals surface area contributed by atoms with Crippen molar-refractivity contribution in [3.63, 3.8) is 0 Å². The van der Waals surface area contributed by atoms with E-state index in [1.165, 1.54) is 0 Å². The zero-order valence-corrected chi connectivity index (χ0v) is 14.1. The van der Waals surface area contributed by atoms with Gasteiger partial charge >= 0.3 is 0 Å². The van der Waals surface area contributed by atoms with Gasteiger partial charge < -0.3 is 24.4 Å². The highest BCUT2D eigenvalue weighted by atomic mass is 16.5. The maximum Gasteiger partial charge on any atom is 0.251 e. The second-order valence-electron chi connectivity index (χ2n) is 5.97. The summed E-state index contributed by atoms with van der Waals surface area (Å²) >= 11 is 0. The number of rotatable bonds is 4. The smallest absolute Gasteiger partial charge is 0.251 e. The normalized spacial score (nSPS) is 22.0. The predicted octanol–water partition coefficient (Wildman–Crippen LogP) is 0.463. The van der Waals surface area contributed by atoms with Crippen molar-refractivity contribution >= 4 is 11.9 Å². The number of hydrogen-bond donors (Lipinski definition) is 1. The summed E-state index contributed by atoms with van der Waals surface area (Å²) in [6.45, 7) is 6.96. The van der Waals surface area contributed by atoms with Crippen molar-refractivity contribution in [3.8, 4) is 0 Å². The summed E-state index contributed by atoms with van der Waals surface area (Å²) in [5.41, 5.74) is 0.803. The molecule has 0 aromatic carbocycles. The quantitative estimate of drug-likeness (QED) is 0.636. The predicted molar refractivity (Wildman–Crippen MR) is 88.4 cm³/mol. The van der Waals surface area contributed by atoms with Gasteiger partial charge in [0.25, 0.3) is 5.91 Å². The van der Waals surface area contributed by atoms with Gasteiger partial charge in [-0.1, -0.05) is 5.16 Å². The minimum absolute atomic E-state index is 0.136. The average Bonchev–Trinajstić information content (AvgIpc) is 3.31. The molecule has 2 fully saturated rings. The number of carbonyl (C=O) groups is 1. The fourth-order valence-corrected chi connectivity index (χ4v) is 3.02. The van der Waals surface area contributed by atoms with Crippen molar-refractivity contribution < 1.29 is 14.1 Å². The van der Waals surface area contributed by atoms with E-state index in [0.29, 0.717) is 26.2 Å². The fraction of sp³-hybridized carbons (Fsp3) is 0.688. The minimum atomic E-state index is -0.231. The van der Waals surface area contributed by atoms with Crippen LogP contribution in [0.2, 0.25) is 0 Å². The Balaban J connectivity index is 1.54. The van der Waals surface area contributed by atoms with E-state index in [1.807, 2.05) is 17.9 Å². The van der Waals surface area contributed by atoms with Crippen molar-refractivity contribution in [1.29, 1.82) is 0 Å². The van der Waals surface area contributed by atoms with Gasteiger partial charge in [0.05, 0.1) is 6.54 Å². The van der Waals surface area contributed by atoms with E-state index in [4.69, 9.17) is 9.26 Å². The van der Waals surface area contributed by atoms with Gasteiger partial charge in [0.1, 0.15) is 18.1 Å². The monoisotopic (exact) mass is 335 g/mol. The summed E-state index contributed by atoms with van der Waals surface area (Å²) in [5, 5.41) is 7.18. The molecule has 1 atom stereocenters. The summed E-state index contributed by atoms with van der Waals surface area (Å²) in [7, 11) is 0. The van der Waals surface area contributed by atoms with E-state index in [2.05, 4.69) is 20.4 Å². The van der Waals surface area contributed by atoms with E-state index < -0.39 is 0 Å². The molecule has 2 saturated heterocycles. The standard InChI is InChI=1S/C16H25N5O3/c1-2-17-16(18-12-13-5-11-24-19-13)21-8-6-20(7-9-21)15(22)14-4-3-10-23-14/h5,11,14H,2-4,6-10,12H2,1H3,(H,17,18). The third-order valence-electron chi connectivity index (χ3n) is 4.31. The first-order chi connectivity index (χ1) is 11.8. The van der Waals surface area contributed by atoms with E-state index in [-0.39, 0.29) is 12.0 Å². The number of ether oxygens (including phenoxy) is 1. The summed E-state index contributed by atoms with van der Waals surface area (Å²) in [5.74, 6) is 0.987. The van der Waals surface area contributed by atoms with Crippen LogP contribution < -0.4 is 5.32 Å². The first-order valence-electron chi connectivity index (χ1n) is 8.61. The lowest BCUT2D eigenvalue weighted by atomic mass is 10.2. The van der Waals surface area contributed by atoms with Gasteiger partial charge in [0, 0.05) is 45.4 Å². The molecule has 132 valence electrons. The molecule has 8 heteroatoms. The zero-order valence-electron chi connectivity index (χ0n) is 14.1. The van der Waals surface area contributed by atoms with Crippen LogP contribution in [-0.2, 0) is 16.1 Å². The lowest BCUT2D eigenvalue weighted by Crippen LogP contribution is -2.55. The molecule has 1 N–H and O–H groups in total. The maximum absolute atomic E-state index is 12.4. The Bertz CT molecular complexity index is 546. The van der Waals surface area contributed by atoms with Crippen LogP contribution in [0.15, 0.2) is 21.8 Å². The van der Waals surface area contributed by atoms with Crippen molar-refractivity contribution in [2.75, 3.05) is 39.3 Å². The first-order valence-corrected chi connectivity index (χ1v) is 8.61. The molecule has 1 unspecified atom stereocenters. The highest BCUT2D eigenvalue weighted by Crippen LogP contribution is 2.16. The Hall–Kier alpha value is -2.09. The number of hydrogen-bond acceptors (Lipinski definition) is 5. The summed E-state index contributed by atoms with van der Waals surface area (Å²) in [4.78, 5) is 21.1. The lowest BCUT2D eigenvalue weighted by molar-refractivity contribution is -0.142. The number of aliphatic imine (C=N–C) groups is 1. The van der Waals surface area contributed by atoms with Gasteiger partial charge in [0.15, 0.2) is 5.96 Å². The fourth-order valence-electron chi connectivity index (χ4n) is 3.02. The third kappa shape index (κ3) is 4.05. The molecule has 1 aromatic rings. The Labute approximate surface area is 141 Å². The first kappa shape index (κ1) is 16.8. The van der Waals surface area contributed by atoms with Crippen LogP contribution in [-0.4, -0.2) is 72.3 Å². The van der Waals surface area contributed by atoms with Crippen molar-refractivity contribution in [1.82, 2.24) is 20.3 Å². The number of carbonyl (C=O) groups excluding carboxylic acids is 1. The molecule has 1 aromatic heterocycles. The molecule has 0 radical (unpaired) electrons. The molecule has 3 heterocycles. The molecular weight excluding hydrogens is 310 g/mol. The van der Waals surface area contributed by atoms with Gasteiger partial charge in [-0.25, -0.2) is 4.99 Å². The molecule has 2 aliphatic rings. The summed E-state index contributed by atoms with van der Waals surface area (Å²) in [6, 6.07) is 1.81. The Kier molecular flexibility index (Phi) is 5.68. The Morgan fingerprint density at radius 2 is 2.17 bits per heavy atom. The number of amides is 1. The van der Waals surface area contributed by atoms with Gasteiger partial charge in [0.2, 0.25) is 0 Å². The minimum Gasteiger partial charge on any atom is -0.368 e. The molecule has 3 rings (SSSR count). The highest BCUT2D eigenvalue weighted by Gasteiger charge is 2.30. The van der Waals surface area contributed by atoms with E-state index >= 15 is 0 Å². The van der Waals surface area contributed by atoms with Crippen LogP contribution in [0.5, 0.6) is 0 Å². The number of aromatic nitrogens is 1. The van der Waals surface area contributed by atoms with Gasteiger partial charge in [-0.05, 0) is 19.8 Å². The molecule has 0 saturated carbocycles. The lowest BCUT2D eigenvalue weighted by Gasteiger charge is -2.37. The van der Waals surface area contributed by atoms with E-state index in [1.54, 1.807) is 6.26 Å². The van der Waals surface area contributed by atoms with Gasteiger partial charge in [-0.3, -0.25) is 4.79 Å². The Morgan fingerprint density at radius 3 is 2.79 bits per heavy atom. The Morgan fingerprint density at radius 1 is 1.38 bits per heavy atom. The number of guanidine groups is 1. The maximum atomic E-state index is 12.4. The van der Waals surface area contributed by atoms with Crippen LogP contribution in [0.25, 0.3) is 0 Å².